The summed E-state index contributed by atoms with van der Waals surface area (Å²) in [6.07, 6.45) is 102. The first-order valence-electron chi connectivity index (χ1n) is 40.3. The fraction of sp³-hybridized carbons (Fsp3) is 0.854. The Morgan fingerprint density at radius 2 is 0.598 bits per heavy atom. The molecule has 92 heavy (non-hydrogen) atoms. The highest BCUT2D eigenvalue weighted by atomic mass is 31.2. The Balaban J connectivity index is 3.75. The fourth-order valence-corrected chi connectivity index (χ4v) is 13.0. The number of unbranched alkanes of at least 4 members (excludes halogenated alkanes) is 54. The van der Waals surface area contributed by atoms with Gasteiger partial charge in [0.05, 0.1) is 13.2 Å². The van der Waals surface area contributed by atoms with Crippen molar-refractivity contribution in [3.05, 3.63) is 60.8 Å². The summed E-state index contributed by atoms with van der Waals surface area (Å²) in [5, 5.41) is 0. The van der Waals surface area contributed by atoms with E-state index < -0.39 is 26.5 Å². The van der Waals surface area contributed by atoms with Gasteiger partial charge < -0.3 is 20.1 Å². The van der Waals surface area contributed by atoms with Gasteiger partial charge in [-0.3, -0.25) is 18.6 Å². The van der Waals surface area contributed by atoms with E-state index in [1.165, 1.54) is 321 Å². The van der Waals surface area contributed by atoms with E-state index in [1.807, 2.05) is 0 Å². The molecule has 0 bridgehead atoms. The minimum Gasteiger partial charge on any atom is -0.462 e. The third kappa shape index (κ3) is 76.7. The molecular formula is C82H154NO8P. The number of phosphoric ester groups is 1. The van der Waals surface area contributed by atoms with Crippen molar-refractivity contribution in [2.75, 3.05) is 26.4 Å². The van der Waals surface area contributed by atoms with Gasteiger partial charge in [-0.2, -0.15) is 0 Å². The number of allylic oxidation sites excluding steroid dienone is 10. The van der Waals surface area contributed by atoms with Gasteiger partial charge in [-0.15, -0.1) is 0 Å². The standard InChI is InChI=1S/C82H154NO8P/c1-3-5-7-9-11-13-15-17-19-21-23-25-27-29-31-33-35-37-38-39-40-41-42-43-45-47-49-51-53-55-57-59-61-63-65-67-69-71-73-75-82(85)91-80(79-90-92(86,87)89-77-76-83)78-88-81(84)74-72-70-68-66-64-62-60-58-56-54-52-50-48-46-44-36-34-32-30-28-26-24-22-20-18-16-14-12-10-8-6-4-2/h5,7,11,13,17,19,23,25,29,31,80H,3-4,6,8-10,12,14-16,18,20-22,24,26-28,30,32-79,83H2,1-2H3,(H,86,87)/b7-5-,13-11-,19-17-,25-23-,31-29-. The smallest absolute Gasteiger partial charge is 0.462 e. The molecule has 0 aromatic heterocycles. The number of hydrogen-bond acceptors (Lipinski definition) is 8. The second-order valence-corrected chi connectivity index (χ2v) is 28.7. The Morgan fingerprint density at radius 1 is 0.337 bits per heavy atom. The first-order valence-corrected chi connectivity index (χ1v) is 41.8. The fourth-order valence-electron chi connectivity index (χ4n) is 12.3. The highest BCUT2D eigenvalue weighted by Gasteiger charge is 2.26. The van der Waals surface area contributed by atoms with Crippen LogP contribution in [0.3, 0.4) is 0 Å². The largest absolute Gasteiger partial charge is 0.472 e. The van der Waals surface area contributed by atoms with Gasteiger partial charge in [0.2, 0.25) is 0 Å². The topological polar surface area (TPSA) is 134 Å². The van der Waals surface area contributed by atoms with Crippen LogP contribution in [-0.2, 0) is 32.7 Å². The predicted octanol–water partition coefficient (Wildman–Crippen LogP) is 26.9. The van der Waals surface area contributed by atoms with E-state index in [0.717, 1.165) is 64.2 Å². The van der Waals surface area contributed by atoms with E-state index in [2.05, 4.69) is 74.6 Å². The van der Waals surface area contributed by atoms with E-state index >= 15 is 0 Å². The van der Waals surface area contributed by atoms with Gasteiger partial charge in [-0.1, -0.05) is 408 Å². The lowest BCUT2D eigenvalue weighted by atomic mass is 10.0. The zero-order valence-corrected chi connectivity index (χ0v) is 62.0. The molecule has 9 nitrogen and oxygen atoms in total. The molecule has 3 N–H and O–H groups in total. The quantitative estimate of drug-likeness (QED) is 0.0264. The molecule has 0 aromatic carbocycles. The molecule has 540 valence electrons. The van der Waals surface area contributed by atoms with Crippen molar-refractivity contribution in [2.45, 2.75) is 424 Å². The molecule has 0 aliphatic heterocycles. The van der Waals surface area contributed by atoms with Crippen molar-refractivity contribution in [2.24, 2.45) is 5.73 Å². The predicted molar refractivity (Wildman–Crippen MR) is 400 cm³/mol. The van der Waals surface area contributed by atoms with Crippen LogP contribution in [0.1, 0.15) is 418 Å². The van der Waals surface area contributed by atoms with E-state index in [4.69, 9.17) is 24.3 Å². The Morgan fingerprint density at radius 3 is 0.891 bits per heavy atom. The Hall–Kier alpha value is -2.29. The molecular weight excluding hydrogens is 1160 g/mol. The summed E-state index contributed by atoms with van der Waals surface area (Å²) >= 11 is 0. The van der Waals surface area contributed by atoms with Gasteiger partial charge in [-0.05, 0) is 57.8 Å². The number of hydrogen-bond donors (Lipinski definition) is 2. The number of nitrogens with two attached hydrogens (primary N) is 1. The summed E-state index contributed by atoms with van der Waals surface area (Å²) in [5.74, 6) is -0.801. The first-order chi connectivity index (χ1) is 45.3. The molecule has 10 heteroatoms. The number of phosphoric acid groups is 1. The summed E-state index contributed by atoms with van der Waals surface area (Å²) < 4.78 is 33.3. The maximum Gasteiger partial charge on any atom is 0.472 e. The highest BCUT2D eigenvalue weighted by Crippen LogP contribution is 2.43. The average molecular weight is 1310 g/mol. The molecule has 0 heterocycles. The van der Waals surface area contributed by atoms with Crippen molar-refractivity contribution in [1.29, 1.82) is 0 Å². The molecule has 0 aromatic rings. The average Bonchev–Trinajstić information content (AvgIpc) is 3.08. The number of carbonyl (C=O) groups excluding carboxylic acids is 2. The lowest BCUT2D eigenvalue weighted by Crippen LogP contribution is -2.29. The Labute approximate surface area is 571 Å². The van der Waals surface area contributed by atoms with Gasteiger partial charge in [0.1, 0.15) is 6.61 Å². The maximum atomic E-state index is 12.8. The molecule has 0 rings (SSSR count). The van der Waals surface area contributed by atoms with Gasteiger partial charge in [0, 0.05) is 19.4 Å². The summed E-state index contributed by atoms with van der Waals surface area (Å²) in [6, 6.07) is 0. The zero-order valence-electron chi connectivity index (χ0n) is 61.1. The van der Waals surface area contributed by atoms with Crippen LogP contribution >= 0.6 is 7.82 Å². The van der Waals surface area contributed by atoms with Crippen LogP contribution in [0.5, 0.6) is 0 Å². The lowest BCUT2D eigenvalue weighted by Gasteiger charge is -2.19. The van der Waals surface area contributed by atoms with Crippen molar-refractivity contribution in [3.63, 3.8) is 0 Å². The number of ether oxygens (including phenoxy) is 2. The van der Waals surface area contributed by atoms with Crippen molar-refractivity contribution in [3.8, 4) is 0 Å². The number of esters is 2. The molecule has 0 saturated heterocycles. The van der Waals surface area contributed by atoms with E-state index in [0.29, 0.717) is 6.42 Å². The summed E-state index contributed by atoms with van der Waals surface area (Å²) in [7, 11) is -4.39. The van der Waals surface area contributed by atoms with Gasteiger partial charge in [-0.25, -0.2) is 4.57 Å². The van der Waals surface area contributed by atoms with Crippen LogP contribution in [0.2, 0.25) is 0 Å². The molecule has 0 aliphatic carbocycles. The molecule has 0 radical (unpaired) electrons. The van der Waals surface area contributed by atoms with Gasteiger partial charge in [0.25, 0.3) is 0 Å². The van der Waals surface area contributed by atoms with E-state index in [9.17, 15) is 19.0 Å². The third-order valence-corrected chi connectivity index (χ3v) is 19.2. The van der Waals surface area contributed by atoms with Gasteiger partial charge >= 0.3 is 19.8 Å². The second kappa shape index (κ2) is 77.7. The number of rotatable bonds is 77. The second-order valence-electron chi connectivity index (χ2n) is 27.3. The van der Waals surface area contributed by atoms with Crippen LogP contribution in [0.15, 0.2) is 60.8 Å². The first kappa shape index (κ1) is 89.7. The van der Waals surface area contributed by atoms with Gasteiger partial charge in [0.15, 0.2) is 6.10 Å². The van der Waals surface area contributed by atoms with Crippen LogP contribution < -0.4 is 5.73 Å². The molecule has 0 saturated carbocycles. The van der Waals surface area contributed by atoms with Crippen LogP contribution in [0.4, 0.5) is 0 Å². The number of carbonyl (C=O) groups is 2. The monoisotopic (exact) mass is 1310 g/mol. The van der Waals surface area contributed by atoms with Crippen molar-refractivity contribution < 1.29 is 37.6 Å². The summed E-state index contributed by atoms with van der Waals surface area (Å²) in [6.45, 7) is 3.71. The highest BCUT2D eigenvalue weighted by molar-refractivity contribution is 7.47. The summed E-state index contributed by atoms with van der Waals surface area (Å²) in [4.78, 5) is 35.5. The van der Waals surface area contributed by atoms with E-state index in [1.54, 1.807) is 0 Å². The minimum absolute atomic E-state index is 0.0560. The molecule has 0 amide bonds. The van der Waals surface area contributed by atoms with Crippen LogP contribution in [0.25, 0.3) is 0 Å². The molecule has 0 spiro atoms. The van der Waals surface area contributed by atoms with E-state index in [-0.39, 0.29) is 38.6 Å². The minimum atomic E-state index is -4.39. The molecule has 0 fully saturated rings. The molecule has 0 aliphatic rings. The maximum absolute atomic E-state index is 12.8. The van der Waals surface area contributed by atoms with Crippen LogP contribution in [0, 0.1) is 0 Å². The lowest BCUT2D eigenvalue weighted by molar-refractivity contribution is -0.161. The Bertz CT molecular complexity index is 1700. The van der Waals surface area contributed by atoms with Crippen molar-refractivity contribution in [1.82, 2.24) is 0 Å². The van der Waals surface area contributed by atoms with Crippen molar-refractivity contribution >= 4 is 19.8 Å². The molecule has 2 atom stereocenters. The normalized spacial score (nSPS) is 13.1. The summed E-state index contributed by atoms with van der Waals surface area (Å²) in [5.41, 5.74) is 5.42. The third-order valence-electron chi connectivity index (χ3n) is 18.2. The molecule has 2 unspecified atom stereocenters. The SMILES string of the molecule is CC/C=C\C/C=C\C/C=C\C/C=C\C/C=C\CCCCCCCCCCCCCCCCCCCCCCCCCC(=O)OC(COC(=O)CCCCCCCCCCCCCCCCCCCCCCCCCCCCCCCCCC)COP(=O)(O)OCCN. The van der Waals surface area contributed by atoms with Crippen LogP contribution in [-0.4, -0.2) is 49.3 Å². The zero-order chi connectivity index (χ0) is 66.5. The Kier molecular flexibility index (Phi) is 75.8.